The van der Waals surface area contributed by atoms with Crippen molar-refractivity contribution in [1.29, 1.82) is 0 Å². The van der Waals surface area contributed by atoms with Crippen molar-refractivity contribution in [3.8, 4) is 11.1 Å². The van der Waals surface area contributed by atoms with Crippen molar-refractivity contribution < 1.29 is 0 Å². The quantitative estimate of drug-likeness (QED) is 0.147. The standard InChI is InChI=1S/C62H57ClN2S/c1-60(2,3)42-27-32-46(33-28-42)65(57-39-66-58-35-29-44(38-54(57)58)62(7,8)9)56-23-15-22-55(59(56)63)64(47-17-14-16-43(37-47)61(4,5)6)45-30-24-40(25-31-45)41-26-34-52-50-20-11-10-18-48(50)49-19-12-13-21-51(49)53(52)36-41/h10-39H,1-9H3. The molecule has 1 heterocycles. The highest BCUT2D eigenvalue weighted by atomic mass is 35.5. The second-order valence-corrected chi connectivity index (χ2v) is 22.1. The first-order valence-corrected chi connectivity index (χ1v) is 24.4. The maximum absolute atomic E-state index is 7.95. The number of anilines is 6. The van der Waals surface area contributed by atoms with Gasteiger partial charge in [0.2, 0.25) is 0 Å². The van der Waals surface area contributed by atoms with E-state index in [1.807, 2.05) is 0 Å². The molecule has 0 atom stereocenters. The van der Waals surface area contributed by atoms with Gasteiger partial charge >= 0.3 is 0 Å². The number of rotatable bonds is 7. The molecule has 10 aromatic rings. The van der Waals surface area contributed by atoms with E-state index in [9.17, 15) is 0 Å². The first-order valence-electron chi connectivity index (χ1n) is 23.1. The van der Waals surface area contributed by atoms with E-state index in [4.69, 9.17) is 11.6 Å². The molecule has 0 N–H and O–H groups in total. The topological polar surface area (TPSA) is 6.48 Å². The van der Waals surface area contributed by atoms with Crippen LogP contribution in [-0.4, -0.2) is 0 Å². The largest absolute Gasteiger partial charge is 0.309 e. The summed E-state index contributed by atoms with van der Waals surface area (Å²) in [4.78, 5) is 4.69. The Bertz CT molecular complexity index is 3400. The Balaban J connectivity index is 1.13. The molecule has 0 aliphatic rings. The predicted molar refractivity (Wildman–Crippen MR) is 290 cm³/mol. The van der Waals surface area contributed by atoms with E-state index in [1.165, 1.54) is 64.7 Å². The number of nitrogens with zero attached hydrogens (tertiary/aromatic N) is 2. The summed E-state index contributed by atoms with van der Waals surface area (Å²) in [5, 5.41) is 11.8. The molecular weight excluding hydrogens is 840 g/mol. The molecule has 0 amide bonds. The van der Waals surface area contributed by atoms with Gasteiger partial charge in [0, 0.05) is 32.5 Å². The van der Waals surface area contributed by atoms with Crippen LogP contribution in [0.25, 0.3) is 53.5 Å². The average molecular weight is 898 g/mol. The van der Waals surface area contributed by atoms with Gasteiger partial charge in [0.25, 0.3) is 0 Å². The molecule has 0 unspecified atom stereocenters. The third kappa shape index (κ3) is 7.93. The van der Waals surface area contributed by atoms with Crippen LogP contribution in [0.5, 0.6) is 0 Å². The zero-order valence-electron chi connectivity index (χ0n) is 39.5. The van der Waals surface area contributed by atoms with Crippen LogP contribution < -0.4 is 9.80 Å². The summed E-state index contributed by atoms with van der Waals surface area (Å²) in [6.07, 6.45) is 0. The van der Waals surface area contributed by atoms with E-state index in [1.54, 1.807) is 11.3 Å². The van der Waals surface area contributed by atoms with Crippen molar-refractivity contribution >= 4 is 99.5 Å². The third-order valence-corrected chi connectivity index (χ3v) is 14.6. The molecule has 66 heavy (non-hydrogen) atoms. The summed E-state index contributed by atoms with van der Waals surface area (Å²) in [5.74, 6) is 0. The lowest BCUT2D eigenvalue weighted by Gasteiger charge is -2.32. The number of hydrogen-bond acceptors (Lipinski definition) is 3. The second-order valence-electron chi connectivity index (χ2n) is 20.9. The monoisotopic (exact) mass is 896 g/mol. The fourth-order valence-electron chi connectivity index (χ4n) is 9.46. The van der Waals surface area contributed by atoms with Crippen molar-refractivity contribution in [3.63, 3.8) is 0 Å². The Morgan fingerprint density at radius 3 is 1.44 bits per heavy atom. The molecule has 0 fully saturated rings. The highest BCUT2D eigenvalue weighted by Crippen LogP contribution is 2.50. The van der Waals surface area contributed by atoms with Crippen molar-refractivity contribution in [1.82, 2.24) is 0 Å². The molecule has 2 nitrogen and oxygen atoms in total. The number of benzene rings is 9. The lowest BCUT2D eigenvalue weighted by Crippen LogP contribution is -2.16. The molecule has 0 spiro atoms. The SMILES string of the molecule is CC(C)(C)c1ccc(N(c2cccc(N(c3ccc(-c4ccc5c6ccccc6c6ccccc6c5c4)cc3)c3cccc(C(C)(C)C)c3)c2Cl)c2csc3ccc(C(C)(C)C)cc23)cc1. The number of thiophene rings is 1. The molecule has 0 aliphatic carbocycles. The molecule has 0 bridgehead atoms. The Hall–Kier alpha value is -6.39. The Morgan fingerprint density at radius 1 is 0.348 bits per heavy atom. The Kier molecular flexibility index (Phi) is 10.9. The van der Waals surface area contributed by atoms with Crippen LogP contribution in [0.2, 0.25) is 5.02 Å². The molecule has 0 saturated carbocycles. The van der Waals surface area contributed by atoms with Crippen molar-refractivity contribution in [2.45, 2.75) is 78.6 Å². The van der Waals surface area contributed by atoms with Gasteiger partial charge in [-0.2, -0.15) is 0 Å². The molecule has 4 heteroatoms. The van der Waals surface area contributed by atoms with Gasteiger partial charge in [0.05, 0.1) is 22.1 Å². The van der Waals surface area contributed by atoms with Crippen LogP contribution >= 0.6 is 22.9 Å². The average Bonchev–Trinajstić information content (AvgIpc) is 3.73. The smallest absolute Gasteiger partial charge is 0.0887 e. The van der Waals surface area contributed by atoms with E-state index in [0.29, 0.717) is 5.02 Å². The normalized spacial score (nSPS) is 12.4. The summed E-state index contributed by atoms with van der Waals surface area (Å²) < 4.78 is 1.25. The molecular formula is C62H57ClN2S. The molecule has 1 aromatic heterocycles. The predicted octanol–water partition coefficient (Wildman–Crippen LogP) is 19.5. The van der Waals surface area contributed by atoms with Crippen LogP contribution in [0.4, 0.5) is 34.1 Å². The van der Waals surface area contributed by atoms with Gasteiger partial charge in [-0.3, -0.25) is 0 Å². The van der Waals surface area contributed by atoms with E-state index >= 15 is 0 Å². The zero-order valence-corrected chi connectivity index (χ0v) is 41.1. The van der Waals surface area contributed by atoms with Gasteiger partial charge < -0.3 is 9.80 Å². The highest BCUT2D eigenvalue weighted by Gasteiger charge is 2.26. The van der Waals surface area contributed by atoms with E-state index < -0.39 is 0 Å². The van der Waals surface area contributed by atoms with Crippen molar-refractivity contribution in [3.05, 3.63) is 203 Å². The van der Waals surface area contributed by atoms with Crippen LogP contribution in [0.15, 0.2) is 181 Å². The van der Waals surface area contributed by atoms with E-state index in [2.05, 4.69) is 253 Å². The summed E-state index contributed by atoms with van der Waals surface area (Å²) in [5.41, 5.74) is 12.2. The fraction of sp³-hybridized carbons (Fsp3) is 0.194. The van der Waals surface area contributed by atoms with Gasteiger partial charge in [-0.05, 0) is 143 Å². The molecule has 0 saturated heterocycles. The minimum atomic E-state index is -0.0509. The summed E-state index contributed by atoms with van der Waals surface area (Å²) in [6.45, 7) is 20.5. The highest BCUT2D eigenvalue weighted by molar-refractivity contribution is 7.17. The van der Waals surface area contributed by atoms with Crippen LogP contribution in [-0.2, 0) is 16.2 Å². The molecule has 10 rings (SSSR count). The van der Waals surface area contributed by atoms with Crippen LogP contribution in [0.1, 0.15) is 79.0 Å². The maximum Gasteiger partial charge on any atom is 0.0887 e. The van der Waals surface area contributed by atoms with Gasteiger partial charge in [-0.25, -0.2) is 0 Å². The molecule has 9 aromatic carbocycles. The van der Waals surface area contributed by atoms with Gasteiger partial charge in [-0.1, -0.05) is 183 Å². The maximum atomic E-state index is 7.95. The first-order chi connectivity index (χ1) is 31.5. The lowest BCUT2D eigenvalue weighted by molar-refractivity contribution is 0.590. The summed E-state index contributed by atoms with van der Waals surface area (Å²) in [6, 6.07) is 64.8. The molecule has 0 radical (unpaired) electrons. The minimum absolute atomic E-state index is 0.000639. The van der Waals surface area contributed by atoms with Gasteiger partial charge in [0.1, 0.15) is 0 Å². The van der Waals surface area contributed by atoms with E-state index in [0.717, 1.165) is 39.7 Å². The number of fused-ring (bicyclic) bond motifs is 7. The van der Waals surface area contributed by atoms with E-state index in [-0.39, 0.29) is 16.2 Å². The summed E-state index contributed by atoms with van der Waals surface area (Å²) >= 11 is 9.72. The van der Waals surface area contributed by atoms with Crippen molar-refractivity contribution in [2.24, 2.45) is 0 Å². The molecule has 328 valence electrons. The van der Waals surface area contributed by atoms with Crippen LogP contribution in [0, 0.1) is 0 Å². The Labute approximate surface area is 399 Å². The number of halogens is 1. The lowest BCUT2D eigenvalue weighted by atomic mass is 9.86. The number of hydrogen-bond donors (Lipinski definition) is 0. The fourth-order valence-corrected chi connectivity index (χ4v) is 10.7. The third-order valence-electron chi connectivity index (χ3n) is 13.3. The van der Waals surface area contributed by atoms with Gasteiger partial charge in [0.15, 0.2) is 0 Å². The zero-order chi connectivity index (χ0) is 46.1. The first kappa shape index (κ1) is 43.5. The van der Waals surface area contributed by atoms with Gasteiger partial charge in [-0.15, -0.1) is 11.3 Å². The van der Waals surface area contributed by atoms with Crippen molar-refractivity contribution in [2.75, 3.05) is 9.80 Å². The Morgan fingerprint density at radius 2 is 0.833 bits per heavy atom. The molecule has 0 aliphatic heterocycles. The second kappa shape index (κ2) is 16.5. The summed E-state index contributed by atoms with van der Waals surface area (Å²) in [7, 11) is 0. The van der Waals surface area contributed by atoms with Crippen LogP contribution in [0.3, 0.4) is 0 Å². The minimum Gasteiger partial charge on any atom is -0.309 e.